The van der Waals surface area contributed by atoms with Crippen LogP contribution in [0.15, 0.2) is 89.8 Å². The second kappa shape index (κ2) is 10.2. The van der Waals surface area contributed by atoms with Crippen LogP contribution in [0.4, 0.5) is 0 Å². The molecule has 0 amide bonds. The highest BCUT2D eigenvalue weighted by Gasteiger charge is 2.25. The van der Waals surface area contributed by atoms with Gasteiger partial charge in [-0.2, -0.15) is 4.31 Å². The van der Waals surface area contributed by atoms with E-state index in [2.05, 4.69) is 26.1 Å². The molecule has 0 unspecified atom stereocenters. The third-order valence-corrected chi connectivity index (χ3v) is 6.76. The standard InChI is InChI=1S/C26H32N2O2S/c1-26(2,3)21-27-18-22-14-16-25(17-15-22)31(29,30)28(19-23-10-6-4-7-11-23)20-24-12-8-5-9-13-24/h4-17,27H,18-21H2,1-3H3. The molecule has 0 saturated carbocycles. The molecule has 0 aliphatic rings. The van der Waals surface area contributed by atoms with Crippen molar-refractivity contribution in [2.75, 3.05) is 6.54 Å². The number of sulfonamides is 1. The van der Waals surface area contributed by atoms with Gasteiger partial charge in [-0.05, 0) is 34.2 Å². The number of nitrogens with one attached hydrogen (secondary N) is 1. The molecule has 0 aliphatic carbocycles. The predicted octanol–water partition coefficient (Wildman–Crippen LogP) is 5.21. The van der Waals surface area contributed by atoms with Gasteiger partial charge in [0.15, 0.2) is 0 Å². The molecule has 164 valence electrons. The fourth-order valence-electron chi connectivity index (χ4n) is 3.31. The Morgan fingerprint density at radius 2 is 1.19 bits per heavy atom. The molecule has 4 nitrogen and oxygen atoms in total. The minimum absolute atomic E-state index is 0.207. The molecule has 3 aromatic carbocycles. The van der Waals surface area contributed by atoms with Crippen LogP contribution in [0, 0.1) is 5.41 Å². The maximum absolute atomic E-state index is 13.5. The monoisotopic (exact) mass is 436 g/mol. The number of benzene rings is 3. The highest BCUT2D eigenvalue weighted by molar-refractivity contribution is 7.89. The highest BCUT2D eigenvalue weighted by atomic mass is 32.2. The Hall–Kier alpha value is -2.47. The van der Waals surface area contributed by atoms with Gasteiger partial charge in [0.1, 0.15) is 0 Å². The number of rotatable bonds is 9. The first kappa shape index (κ1) is 23.2. The van der Waals surface area contributed by atoms with Crippen LogP contribution in [-0.4, -0.2) is 19.3 Å². The summed E-state index contributed by atoms with van der Waals surface area (Å²) in [6, 6.07) is 26.6. The van der Waals surface area contributed by atoms with E-state index in [4.69, 9.17) is 0 Å². The van der Waals surface area contributed by atoms with Crippen LogP contribution in [0.1, 0.15) is 37.5 Å². The van der Waals surface area contributed by atoms with Crippen LogP contribution in [0.2, 0.25) is 0 Å². The van der Waals surface area contributed by atoms with Gasteiger partial charge in [0.25, 0.3) is 0 Å². The van der Waals surface area contributed by atoms with Gasteiger partial charge in [0.05, 0.1) is 4.90 Å². The molecule has 3 aromatic rings. The molecule has 0 aliphatic heterocycles. The number of hydrogen-bond donors (Lipinski definition) is 1. The van der Waals surface area contributed by atoms with E-state index in [-0.39, 0.29) is 5.41 Å². The molecule has 0 spiro atoms. The summed E-state index contributed by atoms with van der Waals surface area (Å²) < 4.78 is 28.6. The molecule has 1 N–H and O–H groups in total. The SMILES string of the molecule is CC(C)(C)CNCc1ccc(S(=O)(=O)N(Cc2ccccc2)Cc2ccccc2)cc1. The maximum Gasteiger partial charge on any atom is 0.243 e. The largest absolute Gasteiger partial charge is 0.312 e. The van der Waals surface area contributed by atoms with E-state index in [0.29, 0.717) is 18.0 Å². The van der Waals surface area contributed by atoms with E-state index in [9.17, 15) is 8.42 Å². The Balaban J connectivity index is 1.80. The lowest BCUT2D eigenvalue weighted by molar-refractivity contribution is 0.379. The fraction of sp³-hybridized carbons (Fsp3) is 0.308. The van der Waals surface area contributed by atoms with Gasteiger partial charge < -0.3 is 5.32 Å². The van der Waals surface area contributed by atoms with E-state index in [1.165, 1.54) is 0 Å². The second-order valence-corrected chi connectivity index (χ2v) is 11.0. The van der Waals surface area contributed by atoms with Crippen molar-refractivity contribution in [3.63, 3.8) is 0 Å². The van der Waals surface area contributed by atoms with Crippen molar-refractivity contribution >= 4 is 10.0 Å². The van der Waals surface area contributed by atoms with E-state index in [0.717, 1.165) is 29.8 Å². The minimum atomic E-state index is -3.65. The molecule has 0 saturated heterocycles. The second-order valence-electron chi connectivity index (χ2n) is 9.05. The summed E-state index contributed by atoms with van der Waals surface area (Å²) >= 11 is 0. The van der Waals surface area contributed by atoms with E-state index in [1.807, 2.05) is 72.8 Å². The molecule has 0 atom stereocenters. The van der Waals surface area contributed by atoms with Crippen molar-refractivity contribution < 1.29 is 8.42 Å². The smallest absolute Gasteiger partial charge is 0.243 e. The summed E-state index contributed by atoms with van der Waals surface area (Å²) in [4.78, 5) is 0.318. The average Bonchev–Trinajstić information content (AvgIpc) is 2.74. The van der Waals surface area contributed by atoms with Gasteiger partial charge in [-0.1, -0.05) is 93.6 Å². The van der Waals surface area contributed by atoms with Crippen molar-refractivity contribution in [3.8, 4) is 0 Å². The van der Waals surface area contributed by atoms with E-state index >= 15 is 0 Å². The molecular weight excluding hydrogens is 404 g/mol. The zero-order chi connectivity index (χ0) is 22.3. The van der Waals surface area contributed by atoms with Crippen LogP contribution >= 0.6 is 0 Å². The van der Waals surface area contributed by atoms with Crippen molar-refractivity contribution in [1.29, 1.82) is 0 Å². The lowest BCUT2D eigenvalue weighted by Gasteiger charge is -2.23. The highest BCUT2D eigenvalue weighted by Crippen LogP contribution is 2.22. The van der Waals surface area contributed by atoms with Crippen molar-refractivity contribution in [1.82, 2.24) is 9.62 Å². The normalized spacial score (nSPS) is 12.3. The van der Waals surface area contributed by atoms with Gasteiger partial charge in [0, 0.05) is 26.2 Å². The first-order valence-corrected chi connectivity index (χ1v) is 12.1. The molecular formula is C26H32N2O2S. The lowest BCUT2D eigenvalue weighted by atomic mass is 9.97. The average molecular weight is 437 g/mol. The first-order valence-electron chi connectivity index (χ1n) is 10.6. The summed E-state index contributed by atoms with van der Waals surface area (Å²) in [7, 11) is -3.65. The number of hydrogen-bond acceptors (Lipinski definition) is 3. The molecule has 0 heterocycles. The van der Waals surface area contributed by atoms with Crippen LogP contribution in [0.25, 0.3) is 0 Å². The Morgan fingerprint density at radius 1 is 0.710 bits per heavy atom. The Labute approximate surface area is 187 Å². The minimum Gasteiger partial charge on any atom is -0.312 e. The zero-order valence-electron chi connectivity index (χ0n) is 18.6. The molecule has 31 heavy (non-hydrogen) atoms. The van der Waals surface area contributed by atoms with E-state index < -0.39 is 10.0 Å². The predicted molar refractivity (Wildman–Crippen MR) is 127 cm³/mol. The van der Waals surface area contributed by atoms with Crippen LogP contribution in [0.3, 0.4) is 0 Å². The van der Waals surface area contributed by atoms with Crippen molar-refractivity contribution in [3.05, 3.63) is 102 Å². The van der Waals surface area contributed by atoms with Gasteiger partial charge in [-0.3, -0.25) is 0 Å². The van der Waals surface area contributed by atoms with Crippen LogP contribution in [0.5, 0.6) is 0 Å². The van der Waals surface area contributed by atoms with Crippen LogP contribution < -0.4 is 5.32 Å². The quantitative estimate of drug-likeness (QED) is 0.501. The molecule has 0 fully saturated rings. The molecule has 0 bridgehead atoms. The zero-order valence-corrected chi connectivity index (χ0v) is 19.4. The third kappa shape index (κ3) is 7.03. The van der Waals surface area contributed by atoms with Crippen molar-refractivity contribution in [2.45, 2.75) is 45.3 Å². The first-order chi connectivity index (χ1) is 14.7. The van der Waals surface area contributed by atoms with Gasteiger partial charge in [-0.15, -0.1) is 0 Å². The summed E-state index contributed by atoms with van der Waals surface area (Å²) in [6.07, 6.45) is 0. The van der Waals surface area contributed by atoms with Gasteiger partial charge in [0.2, 0.25) is 10.0 Å². The molecule has 0 radical (unpaired) electrons. The Bertz CT molecular complexity index is 1000. The van der Waals surface area contributed by atoms with Crippen LogP contribution in [-0.2, 0) is 29.7 Å². The summed E-state index contributed by atoms with van der Waals surface area (Å²) in [6.45, 7) is 8.82. The van der Waals surface area contributed by atoms with Gasteiger partial charge in [-0.25, -0.2) is 8.42 Å². The maximum atomic E-state index is 13.5. The number of nitrogens with zero attached hydrogens (tertiary/aromatic N) is 1. The summed E-state index contributed by atoms with van der Waals surface area (Å²) in [5, 5.41) is 3.43. The Morgan fingerprint density at radius 3 is 1.65 bits per heavy atom. The molecule has 0 aromatic heterocycles. The summed E-state index contributed by atoms with van der Waals surface area (Å²) in [5.41, 5.74) is 3.20. The van der Waals surface area contributed by atoms with E-state index in [1.54, 1.807) is 16.4 Å². The topological polar surface area (TPSA) is 49.4 Å². The Kier molecular flexibility index (Phi) is 7.65. The fourth-order valence-corrected chi connectivity index (χ4v) is 4.73. The molecule has 5 heteroatoms. The van der Waals surface area contributed by atoms with Crippen molar-refractivity contribution in [2.24, 2.45) is 5.41 Å². The van der Waals surface area contributed by atoms with Gasteiger partial charge >= 0.3 is 0 Å². The summed E-state index contributed by atoms with van der Waals surface area (Å²) in [5.74, 6) is 0. The lowest BCUT2D eigenvalue weighted by Crippen LogP contribution is -2.30. The molecule has 3 rings (SSSR count). The third-order valence-electron chi connectivity index (χ3n) is 4.95.